The molecule has 25 heavy (non-hydrogen) atoms. The molecule has 0 bridgehead atoms. The Labute approximate surface area is 148 Å². The number of amides is 2. The molecule has 0 radical (unpaired) electrons. The van der Waals surface area contributed by atoms with Crippen LogP contribution in [0.3, 0.4) is 0 Å². The molecule has 4 nitrogen and oxygen atoms in total. The SMILES string of the molecule is CC1SC(c2ccc(C(F)(F)F)cc2)N(CC(=O)N2CCCC2)C1=O. The van der Waals surface area contributed by atoms with Crippen LogP contribution in [0.5, 0.6) is 0 Å². The van der Waals surface area contributed by atoms with E-state index >= 15 is 0 Å². The minimum atomic E-state index is -4.39. The highest BCUT2D eigenvalue weighted by Gasteiger charge is 2.40. The van der Waals surface area contributed by atoms with Gasteiger partial charge in [0.1, 0.15) is 11.9 Å². The first kappa shape index (κ1) is 18.1. The van der Waals surface area contributed by atoms with E-state index in [0.717, 1.165) is 25.0 Å². The quantitative estimate of drug-likeness (QED) is 0.818. The normalized spacial score (nSPS) is 24.2. The number of hydrogen-bond donors (Lipinski definition) is 0. The van der Waals surface area contributed by atoms with Crippen LogP contribution < -0.4 is 0 Å². The molecule has 136 valence electrons. The van der Waals surface area contributed by atoms with Crippen LogP contribution in [-0.4, -0.2) is 46.5 Å². The van der Waals surface area contributed by atoms with Crippen LogP contribution in [0.25, 0.3) is 0 Å². The van der Waals surface area contributed by atoms with Crippen molar-refractivity contribution >= 4 is 23.6 Å². The lowest BCUT2D eigenvalue weighted by molar-refractivity contribution is -0.139. The summed E-state index contributed by atoms with van der Waals surface area (Å²) in [6, 6.07) is 4.81. The van der Waals surface area contributed by atoms with Crippen molar-refractivity contribution in [2.45, 2.75) is 36.6 Å². The monoisotopic (exact) mass is 372 g/mol. The summed E-state index contributed by atoms with van der Waals surface area (Å²) in [5.41, 5.74) is -0.122. The number of likely N-dealkylation sites (tertiary alicyclic amines) is 1. The number of rotatable bonds is 3. The van der Waals surface area contributed by atoms with E-state index < -0.39 is 17.1 Å². The van der Waals surface area contributed by atoms with Crippen molar-refractivity contribution in [2.75, 3.05) is 19.6 Å². The summed E-state index contributed by atoms with van der Waals surface area (Å²) in [6.07, 6.45) is -2.46. The molecule has 2 heterocycles. The maximum atomic E-state index is 12.7. The van der Waals surface area contributed by atoms with Crippen LogP contribution in [0.2, 0.25) is 0 Å². The van der Waals surface area contributed by atoms with Crippen molar-refractivity contribution in [3.63, 3.8) is 0 Å². The lowest BCUT2D eigenvalue weighted by atomic mass is 10.1. The number of hydrogen-bond acceptors (Lipinski definition) is 3. The lowest BCUT2D eigenvalue weighted by Crippen LogP contribution is -2.41. The van der Waals surface area contributed by atoms with E-state index in [9.17, 15) is 22.8 Å². The minimum Gasteiger partial charge on any atom is -0.341 e. The molecule has 0 aliphatic carbocycles. The molecular formula is C17H19F3N2O2S. The maximum Gasteiger partial charge on any atom is 0.416 e. The average Bonchev–Trinajstić information content (AvgIpc) is 3.18. The smallest absolute Gasteiger partial charge is 0.341 e. The predicted molar refractivity (Wildman–Crippen MR) is 88.8 cm³/mol. The molecule has 2 atom stereocenters. The van der Waals surface area contributed by atoms with Gasteiger partial charge in [0.25, 0.3) is 0 Å². The summed E-state index contributed by atoms with van der Waals surface area (Å²) in [4.78, 5) is 28.0. The number of thioether (sulfide) groups is 1. The predicted octanol–water partition coefficient (Wildman–Crippen LogP) is 3.29. The number of carbonyl (C=O) groups excluding carboxylic acids is 2. The standard InChI is InChI=1S/C17H19F3N2O2S/c1-11-15(24)22(10-14(23)21-8-2-3-9-21)16(25-11)12-4-6-13(7-5-12)17(18,19)20/h4-7,11,16H,2-3,8-10H2,1H3. The molecule has 2 fully saturated rings. The Hall–Kier alpha value is -1.70. The molecule has 1 aromatic carbocycles. The number of carbonyl (C=O) groups is 2. The fourth-order valence-corrected chi connectivity index (χ4v) is 4.42. The van der Waals surface area contributed by atoms with E-state index in [-0.39, 0.29) is 23.6 Å². The van der Waals surface area contributed by atoms with Crippen LogP contribution >= 0.6 is 11.8 Å². The van der Waals surface area contributed by atoms with Gasteiger partial charge < -0.3 is 9.80 Å². The first-order chi connectivity index (χ1) is 11.8. The van der Waals surface area contributed by atoms with Gasteiger partial charge in [-0.25, -0.2) is 0 Å². The lowest BCUT2D eigenvalue weighted by Gasteiger charge is -2.26. The van der Waals surface area contributed by atoms with E-state index in [4.69, 9.17) is 0 Å². The van der Waals surface area contributed by atoms with Crippen molar-refractivity contribution in [3.05, 3.63) is 35.4 Å². The Morgan fingerprint density at radius 2 is 1.80 bits per heavy atom. The van der Waals surface area contributed by atoms with Crippen molar-refractivity contribution < 1.29 is 22.8 Å². The van der Waals surface area contributed by atoms with E-state index in [2.05, 4.69) is 0 Å². The van der Waals surface area contributed by atoms with Crippen LogP contribution in [0.15, 0.2) is 24.3 Å². The summed E-state index contributed by atoms with van der Waals surface area (Å²) in [5.74, 6) is -0.250. The summed E-state index contributed by atoms with van der Waals surface area (Å²) in [6.45, 7) is 3.13. The van der Waals surface area contributed by atoms with Crippen LogP contribution in [0.4, 0.5) is 13.2 Å². The van der Waals surface area contributed by atoms with Crippen LogP contribution in [-0.2, 0) is 15.8 Å². The third-order valence-corrected chi connectivity index (χ3v) is 5.93. The molecule has 3 rings (SSSR count). The molecule has 2 saturated heterocycles. The molecule has 1 aromatic rings. The molecule has 2 aliphatic rings. The van der Waals surface area contributed by atoms with Gasteiger partial charge in [0.05, 0.1) is 10.8 Å². The summed E-state index contributed by atoms with van der Waals surface area (Å²) >= 11 is 1.36. The topological polar surface area (TPSA) is 40.6 Å². The van der Waals surface area contributed by atoms with Gasteiger partial charge in [0.2, 0.25) is 11.8 Å². The number of halogens is 3. The Bertz CT molecular complexity index is 657. The van der Waals surface area contributed by atoms with Gasteiger partial charge in [-0.1, -0.05) is 12.1 Å². The fourth-order valence-electron chi connectivity index (χ4n) is 3.14. The zero-order valence-corrected chi connectivity index (χ0v) is 14.6. The highest BCUT2D eigenvalue weighted by molar-refractivity contribution is 8.01. The molecule has 0 saturated carbocycles. The van der Waals surface area contributed by atoms with Crippen molar-refractivity contribution in [1.82, 2.24) is 9.80 Å². The summed E-state index contributed by atoms with van der Waals surface area (Å²) < 4.78 is 38.2. The molecule has 0 spiro atoms. The molecule has 2 unspecified atom stereocenters. The van der Waals surface area contributed by atoms with E-state index in [1.165, 1.54) is 28.8 Å². The first-order valence-corrected chi connectivity index (χ1v) is 9.12. The van der Waals surface area contributed by atoms with Gasteiger partial charge in [-0.05, 0) is 37.5 Å². The Morgan fingerprint density at radius 3 is 2.36 bits per heavy atom. The van der Waals surface area contributed by atoms with Crippen LogP contribution in [0, 0.1) is 0 Å². The second-order valence-corrected chi connectivity index (χ2v) is 7.73. The zero-order valence-electron chi connectivity index (χ0n) is 13.8. The average molecular weight is 372 g/mol. The second-order valence-electron chi connectivity index (χ2n) is 6.30. The minimum absolute atomic E-state index is 0.0259. The Balaban J connectivity index is 1.78. The van der Waals surface area contributed by atoms with E-state index in [1.807, 2.05) is 0 Å². The van der Waals surface area contributed by atoms with E-state index in [0.29, 0.717) is 18.7 Å². The van der Waals surface area contributed by atoms with Gasteiger partial charge in [-0.2, -0.15) is 13.2 Å². The number of nitrogens with zero attached hydrogens (tertiary/aromatic N) is 2. The number of benzene rings is 1. The highest BCUT2D eigenvalue weighted by Crippen LogP contribution is 2.43. The third-order valence-electron chi connectivity index (χ3n) is 4.53. The Morgan fingerprint density at radius 1 is 1.20 bits per heavy atom. The van der Waals surface area contributed by atoms with Gasteiger partial charge in [-0.3, -0.25) is 9.59 Å². The second kappa shape index (κ2) is 6.90. The van der Waals surface area contributed by atoms with E-state index in [1.54, 1.807) is 11.8 Å². The molecule has 0 N–H and O–H groups in total. The molecular weight excluding hydrogens is 353 g/mol. The third kappa shape index (κ3) is 3.78. The zero-order chi connectivity index (χ0) is 18.2. The number of alkyl halides is 3. The summed E-state index contributed by atoms with van der Waals surface area (Å²) in [5, 5.41) is -0.755. The summed E-state index contributed by atoms with van der Waals surface area (Å²) in [7, 11) is 0. The van der Waals surface area contributed by atoms with Gasteiger partial charge in [0.15, 0.2) is 0 Å². The molecule has 8 heteroatoms. The fraction of sp³-hybridized carbons (Fsp3) is 0.529. The maximum absolute atomic E-state index is 12.7. The Kier molecular flexibility index (Phi) is 4.99. The van der Waals surface area contributed by atoms with Gasteiger partial charge >= 0.3 is 6.18 Å². The van der Waals surface area contributed by atoms with Gasteiger partial charge in [-0.15, -0.1) is 11.8 Å². The van der Waals surface area contributed by atoms with Crippen molar-refractivity contribution in [3.8, 4) is 0 Å². The molecule has 2 aliphatic heterocycles. The highest BCUT2D eigenvalue weighted by atomic mass is 32.2. The van der Waals surface area contributed by atoms with Crippen molar-refractivity contribution in [2.24, 2.45) is 0 Å². The van der Waals surface area contributed by atoms with Gasteiger partial charge in [0, 0.05) is 13.1 Å². The van der Waals surface area contributed by atoms with Crippen LogP contribution in [0.1, 0.15) is 36.3 Å². The first-order valence-electron chi connectivity index (χ1n) is 8.18. The molecule has 2 amide bonds. The largest absolute Gasteiger partial charge is 0.416 e. The van der Waals surface area contributed by atoms with Crippen molar-refractivity contribution in [1.29, 1.82) is 0 Å². The molecule has 0 aromatic heterocycles.